The van der Waals surface area contributed by atoms with Gasteiger partial charge in [-0.2, -0.15) is 0 Å². The smallest absolute Gasteiger partial charge is 0.120 e. The lowest BCUT2D eigenvalue weighted by Crippen LogP contribution is -2.03. The summed E-state index contributed by atoms with van der Waals surface area (Å²) < 4.78 is 0. The Kier molecular flexibility index (Phi) is 3.77. The lowest BCUT2D eigenvalue weighted by atomic mass is 9.93. The normalized spacial score (nSPS) is 35.3. The van der Waals surface area contributed by atoms with E-state index >= 15 is 0 Å². The number of carbonyl (C=O) groups is 1. The van der Waals surface area contributed by atoms with E-state index in [4.69, 9.17) is 0 Å². The number of carbonyl (C=O) groups excluding carboxylic acids is 1. The van der Waals surface area contributed by atoms with Crippen molar-refractivity contribution in [2.24, 2.45) is 17.8 Å². The minimum absolute atomic E-state index is 0.769. The molecule has 0 N–H and O–H groups in total. The van der Waals surface area contributed by atoms with Crippen molar-refractivity contribution in [3.05, 3.63) is 0 Å². The molecule has 0 bridgehead atoms. The molecule has 3 unspecified atom stereocenters. The van der Waals surface area contributed by atoms with Crippen LogP contribution in [0.1, 0.15) is 46.0 Å². The van der Waals surface area contributed by atoms with E-state index in [1.807, 2.05) is 0 Å². The van der Waals surface area contributed by atoms with Gasteiger partial charge in [0, 0.05) is 6.42 Å². The Hall–Kier alpha value is -0.330. The highest BCUT2D eigenvalue weighted by molar-refractivity contribution is 5.49. The molecule has 70 valence electrons. The molecule has 0 aromatic heterocycles. The highest BCUT2D eigenvalue weighted by Gasteiger charge is 2.29. The van der Waals surface area contributed by atoms with E-state index in [1.54, 1.807) is 0 Å². The van der Waals surface area contributed by atoms with Gasteiger partial charge in [-0.05, 0) is 37.0 Å². The molecule has 0 aromatic rings. The van der Waals surface area contributed by atoms with Crippen molar-refractivity contribution >= 4 is 6.29 Å². The van der Waals surface area contributed by atoms with Crippen LogP contribution in [0.4, 0.5) is 0 Å². The Morgan fingerprint density at radius 1 is 1.42 bits per heavy atom. The third kappa shape index (κ3) is 2.33. The molecule has 0 aliphatic heterocycles. The second-order valence-corrected chi connectivity index (χ2v) is 4.23. The summed E-state index contributed by atoms with van der Waals surface area (Å²) in [5, 5.41) is 0. The Labute approximate surface area is 75.5 Å². The van der Waals surface area contributed by atoms with Gasteiger partial charge in [0.05, 0.1) is 0 Å². The molecule has 3 atom stereocenters. The molecule has 0 aromatic carbocycles. The van der Waals surface area contributed by atoms with Gasteiger partial charge < -0.3 is 4.79 Å². The summed E-state index contributed by atoms with van der Waals surface area (Å²) in [5.74, 6) is 2.63. The molecule has 1 aliphatic rings. The van der Waals surface area contributed by atoms with Crippen molar-refractivity contribution in [3.8, 4) is 0 Å². The zero-order valence-electron chi connectivity index (χ0n) is 8.25. The van der Waals surface area contributed by atoms with Gasteiger partial charge in [-0.15, -0.1) is 0 Å². The summed E-state index contributed by atoms with van der Waals surface area (Å²) in [6, 6.07) is 0. The maximum absolute atomic E-state index is 10.2. The highest BCUT2D eigenvalue weighted by atomic mass is 16.1. The molecule has 0 radical (unpaired) electrons. The second-order valence-electron chi connectivity index (χ2n) is 4.23. The van der Waals surface area contributed by atoms with Crippen LogP contribution in [-0.4, -0.2) is 6.29 Å². The first-order chi connectivity index (χ1) is 5.77. The van der Waals surface area contributed by atoms with Gasteiger partial charge in [-0.1, -0.05) is 20.3 Å². The van der Waals surface area contributed by atoms with Crippen LogP contribution >= 0.6 is 0 Å². The minimum atomic E-state index is 0.769. The van der Waals surface area contributed by atoms with Crippen LogP contribution in [0.2, 0.25) is 0 Å². The fourth-order valence-corrected chi connectivity index (χ4v) is 2.49. The first kappa shape index (κ1) is 9.76. The van der Waals surface area contributed by atoms with E-state index in [2.05, 4.69) is 13.8 Å². The summed E-state index contributed by atoms with van der Waals surface area (Å²) in [4.78, 5) is 10.2. The van der Waals surface area contributed by atoms with Gasteiger partial charge in [0.25, 0.3) is 0 Å². The van der Waals surface area contributed by atoms with Gasteiger partial charge in [0.2, 0.25) is 0 Å². The molecule has 0 saturated heterocycles. The van der Waals surface area contributed by atoms with Crippen LogP contribution in [0.15, 0.2) is 0 Å². The predicted molar refractivity (Wildman–Crippen MR) is 51.0 cm³/mol. The Morgan fingerprint density at radius 2 is 2.17 bits per heavy atom. The van der Waals surface area contributed by atoms with E-state index in [-0.39, 0.29) is 0 Å². The van der Waals surface area contributed by atoms with Crippen LogP contribution < -0.4 is 0 Å². The van der Waals surface area contributed by atoms with Crippen LogP contribution in [0.25, 0.3) is 0 Å². The van der Waals surface area contributed by atoms with Crippen molar-refractivity contribution in [3.63, 3.8) is 0 Å². The van der Waals surface area contributed by atoms with Gasteiger partial charge in [0.1, 0.15) is 6.29 Å². The third-order valence-electron chi connectivity index (χ3n) is 3.38. The van der Waals surface area contributed by atoms with Crippen molar-refractivity contribution in [2.45, 2.75) is 46.0 Å². The largest absolute Gasteiger partial charge is 0.303 e. The van der Waals surface area contributed by atoms with Gasteiger partial charge >= 0.3 is 0 Å². The monoisotopic (exact) mass is 168 g/mol. The van der Waals surface area contributed by atoms with E-state index in [0.29, 0.717) is 0 Å². The van der Waals surface area contributed by atoms with Crippen molar-refractivity contribution in [1.82, 2.24) is 0 Å². The molecule has 0 spiro atoms. The summed E-state index contributed by atoms with van der Waals surface area (Å²) in [6.07, 6.45) is 7.03. The van der Waals surface area contributed by atoms with Crippen LogP contribution in [-0.2, 0) is 4.79 Å². The number of hydrogen-bond donors (Lipinski definition) is 0. The van der Waals surface area contributed by atoms with Gasteiger partial charge in [-0.25, -0.2) is 0 Å². The van der Waals surface area contributed by atoms with E-state index in [9.17, 15) is 4.79 Å². The van der Waals surface area contributed by atoms with E-state index < -0.39 is 0 Å². The molecule has 1 aliphatic carbocycles. The summed E-state index contributed by atoms with van der Waals surface area (Å²) in [5.41, 5.74) is 0. The van der Waals surface area contributed by atoms with Crippen molar-refractivity contribution < 1.29 is 4.79 Å². The number of rotatable bonds is 4. The topological polar surface area (TPSA) is 17.1 Å². The van der Waals surface area contributed by atoms with Crippen molar-refractivity contribution in [1.29, 1.82) is 0 Å². The van der Waals surface area contributed by atoms with Crippen LogP contribution in [0.3, 0.4) is 0 Å². The van der Waals surface area contributed by atoms with Crippen LogP contribution in [0.5, 0.6) is 0 Å². The van der Waals surface area contributed by atoms with Gasteiger partial charge in [-0.3, -0.25) is 0 Å². The van der Waals surface area contributed by atoms with E-state index in [1.165, 1.54) is 19.3 Å². The zero-order valence-corrected chi connectivity index (χ0v) is 8.25. The summed E-state index contributed by atoms with van der Waals surface area (Å²) in [7, 11) is 0. The highest BCUT2D eigenvalue weighted by Crippen LogP contribution is 2.39. The second kappa shape index (κ2) is 4.64. The minimum Gasteiger partial charge on any atom is -0.303 e. The Morgan fingerprint density at radius 3 is 2.67 bits per heavy atom. The first-order valence-corrected chi connectivity index (χ1v) is 5.21. The standard InChI is InChI=1S/C11H20O/c1-3-10-7-9(2)11(8-10)5-4-6-12/h6,9-11H,3-5,7-8H2,1-2H3. The summed E-state index contributed by atoms with van der Waals surface area (Å²) in [6.45, 7) is 4.62. The molecule has 1 heteroatoms. The fourth-order valence-electron chi connectivity index (χ4n) is 2.49. The number of hydrogen-bond acceptors (Lipinski definition) is 1. The molecular weight excluding hydrogens is 148 g/mol. The first-order valence-electron chi connectivity index (χ1n) is 5.21. The SMILES string of the molecule is CCC1CC(C)C(CCC=O)C1. The van der Waals surface area contributed by atoms with E-state index in [0.717, 1.165) is 36.9 Å². The average Bonchev–Trinajstić information content (AvgIpc) is 2.43. The van der Waals surface area contributed by atoms with Gasteiger partial charge in [0.15, 0.2) is 0 Å². The lowest BCUT2D eigenvalue weighted by Gasteiger charge is -2.12. The molecule has 12 heavy (non-hydrogen) atoms. The summed E-state index contributed by atoms with van der Waals surface area (Å²) >= 11 is 0. The molecular formula is C11H20O. The number of aldehydes is 1. The Bertz CT molecular complexity index is 142. The molecule has 0 heterocycles. The fraction of sp³-hybridized carbons (Fsp3) is 0.909. The molecule has 1 saturated carbocycles. The quantitative estimate of drug-likeness (QED) is 0.590. The maximum Gasteiger partial charge on any atom is 0.120 e. The predicted octanol–water partition coefficient (Wildman–Crippen LogP) is 3.04. The zero-order chi connectivity index (χ0) is 8.97. The third-order valence-corrected chi connectivity index (χ3v) is 3.38. The van der Waals surface area contributed by atoms with Crippen molar-refractivity contribution in [2.75, 3.05) is 0 Å². The average molecular weight is 168 g/mol. The molecule has 0 amide bonds. The Balaban J connectivity index is 2.30. The molecule has 1 fully saturated rings. The lowest BCUT2D eigenvalue weighted by molar-refractivity contribution is -0.108. The maximum atomic E-state index is 10.2. The molecule has 1 nitrogen and oxygen atoms in total. The molecule has 1 rings (SSSR count). The van der Waals surface area contributed by atoms with Crippen LogP contribution in [0, 0.1) is 17.8 Å².